The Morgan fingerprint density at radius 3 is 2.25 bits per heavy atom. The van der Waals surface area contributed by atoms with Crippen molar-refractivity contribution >= 4 is 17.2 Å². The van der Waals surface area contributed by atoms with Crippen molar-refractivity contribution in [2.75, 3.05) is 32.0 Å². The van der Waals surface area contributed by atoms with Crippen molar-refractivity contribution in [2.24, 2.45) is 0 Å². The van der Waals surface area contributed by atoms with Crippen LogP contribution in [0.3, 0.4) is 0 Å². The Bertz CT molecular complexity index is 1300. The third-order valence-electron chi connectivity index (χ3n) is 6.48. The van der Waals surface area contributed by atoms with Gasteiger partial charge in [0.2, 0.25) is 5.75 Å². The first-order chi connectivity index (χ1) is 17.5. The van der Waals surface area contributed by atoms with E-state index in [1.807, 2.05) is 48.5 Å². The Morgan fingerprint density at radius 2 is 1.58 bits per heavy atom. The molecule has 0 fully saturated rings. The number of ether oxygens (including phenoxy) is 4. The van der Waals surface area contributed by atoms with Gasteiger partial charge in [-0.2, -0.15) is 0 Å². The first-order valence-electron chi connectivity index (χ1n) is 11.6. The van der Waals surface area contributed by atoms with E-state index < -0.39 is 6.04 Å². The minimum atomic E-state index is -0.511. The zero-order valence-electron chi connectivity index (χ0n) is 20.3. The highest BCUT2D eigenvalue weighted by molar-refractivity contribution is 6.01. The SMILES string of the molecule is COc1cc(C2Nc3ccc(Oc4ccccc4)cc3NC3=C2C(=O)CC(OC)C3)cc(OC)c1O. The number of carbonyl (C=O) groups excluding carboxylic acids is 1. The monoisotopic (exact) mass is 488 g/mol. The number of hydrogen-bond donors (Lipinski definition) is 3. The quantitative estimate of drug-likeness (QED) is 0.424. The van der Waals surface area contributed by atoms with Crippen molar-refractivity contribution in [3.63, 3.8) is 0 Å². The lowest BCUT2D eigenvalue weighted by Gasteiger charge is -2.29. The zero-order valence-corrected chi connectivity index (χ0v) is 20.3. The second-order valence-corrected chi connectivity index (χ2v) is 8.68. The van der Waals surface area contributed by atoms with E-state index in [0.29, 0.717) is 17.7 Å². The molecular formula is C28H28N2O6. The number of ketones is 1. The fourth-order valence-electron chi connectivity index (χ4n) is 4.68. The number of rotatable bonds is 6. The summed E-state index contributed by atoms with van der Waals surface area (Å²) in [6.07, 6.45) is 0.601. The normalized spacial score (nSPS) is 18.8. The fraction of sp³-hybridized carbons (Fsp3) is 0.250. The van der Waals surface area contributed by atoms with Crippen molar-refractivity contribution in [1.82, 2.24) is 0 Å². The van der Waals surface area contributed by atoms with Gasteiger partial charge in [-0.25, -0.2) is 0 Å². The summed E-state index contributed by atoms with van der Waals surface area (Å²) in [5.41, 5.74) is 3.68. The van der Waals surface area contributed by atoms with Crippen molar-refractivity contribution in [1.29, 1.82) is 0 Å². The molecule has 1 aliphatic carbocycles. The van der Waals surface area contributed by atoms with Crippen LogP contribution in [-0.4, -0.2) is 38.3 Å². The molecule has 1 heterocycles. The number of phenols is 1. The van der Waals surface area contributed by atoms with Crippen LogP contribution in [0.1, 0.15) is 24.4 Å². The van der Waals surface area contributed by atoms with E-state index in [1.165, 1.54) is 14.2 Å². The van der Waals surface area contributed by atoms with Crippen molar-refractivity contribution in [2.45, 2.75) is 25.0 Å². The largest absolute Gasteiger partial charge is 0.502 e. The van der Waals surface area contributed by atoms with Crippen molar-refractivity contribution < 1.29 is 28.8 Å². The number of fused-ring (bicyclic) bond motifs is 1. The molecule has 1 aliphatic heterocycles. The molecule has 0 amide bonds. The number of benzene rings is 3. The van der Waals surface area contributed by atoms with Crippen LogP contribution in [0.2, 0.25) is 0 Å². The molecule has 3 aromatic rings. The Hall–Kier alpha value is -4.17. The van der Waals surface area contributed by atoms with E-state index in [2.05, 4.69) is 10.6 Å². The summed E-state index contributed by atoms with van der Waals surface area (Å²) >= 11 is 0. The van der Waals surface area contributed by atoms with Gasteiger partial charge in [0.1, 0.15) is 11.5 Å². The number of hydrogen-bond acceptors (Lipinski definition) is 8. The molecule has 0 radical (unpaired) electrons. The Labute approximate surface area is 209 Å². The molecule has 0 aromatic heterocycles. The Kier molecular flexibility index (Phi) is 6.43. The van der Waals surface area contributed by atoms with Gasteiger partial charge in [-0.15, -0.1) is 0 Å². The minimum Gasteiger partial charge on any atom is -0.502 e. The predicted molar refractivity (Wildman–Crippen MR) is 136 cm³/mol. The molecule has 3 N–H and O–H groups in total. The van der Waals surface area contributed by atoms with Gasteiger partial charge >= 0.3 is 0 Å². The second kappa shape index (κ2) is 9.83. The average molecular weight is 489 g/mol. The van der Waals surface area contributed by atoms with E-state index >= 15 is 0 Å². The van der Waals surface area contributed by atoms with Crippen LogP contribution in [-0.2, 0) is 9.53 Å². The van der Waals surface area contributed by atoms with Gasteiger partial charge in [0.25, 0.3) is 0 Å². The minimum absolute atomic E-state index is 0.0207. The standard InChI is InChI=1S/C28H28N2O6/c1-33-19-14-22-26(23(31)15-19)27(16-11-24(34-2)28(32)25(12-16)35-3)30-20-10-9-18(13-21(20)29-22)36-17-7-5-4-6-8-17/h4-13,19,27,29-30,32H,14-15H2,1-3H3. The van der Waals surface area contributed by atoms with E-state index in [9.17, 15) is 9.90 Å². The molecule has 0 saturated carbocycles. The summed E-state index contributed by atoms with van der Waals surface area (Å²) in [5, 5.41) is 17.4. The molecular weight excluding hydrogens is 460 g/mol. The number of carbonyl (C=O) groups is 1. The highest BCUT2D eigenvalue weighted by Crippen LogP contribution is 2.46. The maximum absolute atomic E-state index is 13.4. The summed E-state index contributed by atoms with van der Waals surface area (Å²) in [7, 11) is 4.57. The molecule has 36 heavy (non-hydrogen) atoms. The van der Waals surface area contributed by atoms with Gasteiger partial charge in [-0.1, -0.05) is 18.2 Å². The molecule has 2 unspecified atom stereocenters. The zero-order chi connectivity index (χ0) is 25.2. The third kappa shape index (κ3) is 4.43. The highest BCUT2D eigenvalue weighted by Gasteiger charge is 2.36. The summed E-state index contributed by atoms with van der Waals surface area (Å²) in [6, 6.07) is 18.2. The maximum Gasteiger partial charge on any atom is 0.200 e. The first-order valence-corrected chi connectivity index (χ1v) is 11.6. The number of Topliss-reactive ketones (excluding diaryl/α,β-unsaturated/α-hetero) is 1. The number of aromatic hydroxyl groups is 1. The molecule has 0 spiro atoms. The van der Waals surface area contributed by atoms with E-state index in [1.54, 1.807) is 19.2 Å². The number of phenolic OH excluding ortho intramolecular Hbond substituents is 1. The van der Waals surface area contributed by atoms with Crippen LogP contribution in [0.5, 0.6) is 28.7 Å². The van der Waals surface area contributed by atoms with Crippen LogP contribution < -0.4 is 24.8 Å². The molecule has 8 heteroatoms. The average Bonchev–Trinajstić information content (AvgIpc) is 3.06. The summed E-state index contributed by atoms with van der Waals surface area (Å²) < 4.78 is 22.3. The molecule has 3 aromatic carbocycles. The molecule has 186 valence electrons. The van der Waals surface area contributed by atoms with Gasteiger partial charge in [0.15, 0.2) is 17.3 Å². The maximum atomic E-state index is 13.4. The van der Waals surface area contributed by atoms with Crippen LogP contribution in [0.15, 0.2) is 71.9 Å². The molecule has 0 saturated heterocycles. The number of nitrogens with one attached hydrogen (secondary N) is 2. The molecule has 0 bridgehead atoms. The molecule has 2 aliphatic rings. The Morgan fingerprint density at radius 1 is 0.861 bits per heavy atom. The van der Waals surface area contributed by atoms with E-state index in [0.717, 1.165) is 28.4 Å². The first kappa shape index (κ1) is 23.6. The van der Waals surface area contributed by atoms with Gasteiger partial charge in [-0.3, -0.25) is 4.79 Å². The van der Waals surface area contributed by atoms with Crippen LogP contribution in [0.25, 0.3) is 0 Å². The number of methoxy groups -OCH3 is 3. The molecule has 5 rings (SSSR count). The van der Waals surface area contributed by atoms with Crippen LogP contribution in [0.4, 0.5) is 11.4 Å². The summed E-state index contributed by atoms with van der Waals surface area (Å²) in [6.45, 7) is 0. The lowest BCUT2D eigenvalue weighted by molar-refractivity contribution is -0.118. The smallest absolute Gasteiger partial charge is 0.200 e. The van der Waals surface area contributed by atoms with E-state index in [-0.39, 0.29) is 35.6 Å². The van der Waals surface area contributed by atoms with Crippen LogP contribution >= 0.6 is 0 Å². The highest BCUT2D eigenvalue weighted by atomic mass is 16.5. The van der Waals surface area contributed by atoms with Crippen LogP contribution in [0, 0.1) is 0 Å². The van der Waals surface area contributed by atoms with Crippen molar-refractivity contribution in [3.8, 4) is 28.7 Å². The predicted octanol–water partition coefficient (Wildman–Crippen LogP) is 5.41. The summed E-state index contributed by atoms with van der Waals surface area (Å²) in [4.78, 5) is 13.4. The van der Waals surface area contributed by atoms with E-state index in [4.69, 9.17) is 18.9 Å². The lowest BCUT2D eigenvalue weighted by Crippen LogP contribution is -2.30. The topological polar surface area (TPSA) is 98.3 Å². The van der Waals surface area contributed by atoms with Gasteiger partial charge in [0, 0.05) is 37.3 Å². The van der Waals surface area contributed by atoms with Gasteiger partial charge < -0.3 is 34.7 Å². The molecule has 2 atom stereocenters. The number of anilines is 2. The fourth-order valence-corrected chi connectivity index (χ4v) is 4.68. The molecule has 8 nitrogen and oxygen atoms in total. The Balaban J connectivity index is 1.60. The second-order valence-electron chi connectivity index (χ2n) is 8.68. The number of para-hydroxylation sites is 1. The lowest BCUT2D eigenvalue weighted by atomic mass is 9.85. The van der Waals surface area contributed by atoms with Crippen molar-refractivity contribution in [3.05, 3.63) is 77.5 Å². The van der Waals surface area contributed by atoms with Gasteiger partial charge in [0.05, 0.1) is 37.7 Å². The third-order valence-corrected chi connectivity index (χ3v) is 6.48. The van der Waals surface area contributed by atoms with Gasteiger partial charge in [-0.05, 0) is 42.0 Å². The summed E-state index contributed by atoms with van der Waals surface area (Å²) in [5.74, 6) is 1.79.